The van der Waals surface area contributed by atoms with Crippen molar-refractivity contribution in [3.05, 3.63) is 70.8 Å². The van der Waals surface area contributed by atoms with Gasteiger partial charge in [-0.15, -0.1) is 0 Å². The molecule has 0 saturated heterocycles. The van der Waals surface area contributed by atoms with Crippen LogP contribution in [0.5, 0.6) is 0 Å². The summed E-state index contributed by atoms with van der Waals surface area (Å²) >= 11 is 0.898. The van der Waals surface area contributed by atoms with Gasteiger partial charge in [-0.3, -0.25) is 0 Å². The first kappa shape index (κ1) is 17.1. The first-order valence-electron chi connectivity index (χ1n) is 6.03. The van der Waals surface area contributed by atoms with Gasteiger partial charge in [-0.2, -0.15) is 0 Å². The second-order valence-corrected chi connectivity index (χ2v) is 5.75. The van der Waals surface area contributed by atoms with Crippen molar-refractivity contribution in [1.82, 2.24) is 0 Å². The van der Waals surface area contributed by atoms with E-state index in [-0.39, 0.29) is 0 Å². The van der Waals surface area contributed by atoms with Crippen LogP contribution >= 0.6 is 0 Å². The number of halogens is 6. The van der Waals surface area contributed by atoms with E-state index in [1.165, 1.54) is 24.3 Å². The van der Waals surface area contributed by atoms with Crippen molar-refractivity contribution in [2.24, 2.45) is 0 Å². The Morgan fingerprint density at radius 2 is 0.864 bits per heavy atom. The number of hydrogen-bond acceptors (Lipinski definition) is 0. The molecule has 0 unspecified atom stereocenters. The Kier molecular flexibility index (Phi) is 4.76. The van der Waals surface area contributed by atoms with Gasteiger partial charge in [-0.25, -0.2) is 0 Å². The SMILES string of the molecule is FC(F)(F)c1ccc([C](=[Zr+2])c2ccc(C(F)(F)F)cc2)cc1. The van der Waals surface area contributed by atoms with Gasteiger partial charge in [0.05, 0.1) is 0 Å². The standard InChI is InChI=1S/C15H8F6.Zr/c16-14(17,18)12-5-1-10(2-6-12)9-11-3-7-13(8-4-11)15(19,20)21;/h1-8H;/q;+2. The van der Waals surface area contributed by atoms with E-state index in [1.54, 1.807) is 0 Å². The van der Waals surface area contributed by atoms with Gasteiger partial charge < -0.3 is 0 Å². The molecular weight excluding hydrogens is 385 g/mol. The Balaban J connectivity index is 2.25. The average molecular weight is 393 g/mol. The topological polar surface area (TPSA) is 0 Å². The first-order valence-corrected chi connectivity index (χ1v) is 7.26. The minimum absolute atomic E-state index is 0.561. The molecule has 2 aromatic rings. The fourth-order valence-electron chi connectivity index (χ4n) is 1.82. The van der Waals surface area contributed by atoms with E-state index in [0.29, 0.717) is 14.3 Å². The molecule has 0 aromatic heterocycles. The summed E-state index contributed by atoms with van der Waals surface area (Å²) in [5, 5.41) is 0. The van der Waals surface area contributed by atoms with Gasteiger partial charge in [0, 0.05) is 0 Å². The Bertz CT molecular complexity index is 606. The van der Waals surface area contributed by atoms with Crippen LogP contribution in [0.15, 0.2) is 48.5 Å². The molecule has 0 bridgehead atoms. The van der Waals surface area contributed by atoms with E-state index in [4.69, 9.17) is 0 Å². The molecule has 0 aliphatic carbocycles. The summed E-state index contributed by atoms with van der Waals surface area (Å²) in [7, 11) is 0. The van der Waals surface area contributed by atoms with Crippen molar-refractivity contribution < 1.29 is 50.6 Å². The van der Waals surface area contributed by atoms with Crippen LogP contribution in [-0.4, -0.2) is 3.21 Å². The molecule has 0 aliphatic heterocycles. The molecular formula is C15H8F6Zr+2. The number of alkyl halides is 6. The van der Waals surface area contributed by atoms with Crippen LogP contribution in [0.2, 0.25) is 0 Å². The monoisotopic (exact) mass is 392 g/mol. The molecule has 0 fully saturated rings. The molecule has 0 N–H and O–H groups in total. The van der Waals surface area contributed by atoms with Crippen molar-refractivity contribution in [3.63, 3.8) is 0 Å². The van der Waals surface area contributed by atoms with Gasteiger partial charge in [-0.1, -0.05) is 0 Å². The molecule has 0 radical (unpaired) electrons. The normalized spacial score (nSPS) is 12.4. The van der Waals surface area contributed by atoms with Crippen LogP contribution in [0.25, 0.3) is 0 Å². The fourth-order valence-corrected chi connectivity index (χ4v) is 2.64. The molecule has 0 aliphatic rings. The molecule has 0 atom stereocenters. The first-order chi connectivity index (χ1) is 10.1. The number of rotatable bonds is 2. The van der Waals surface area contributed by atoms with Crippen LogP contribution in [-0.2, 0) is 36.6 Å². The van der Waals surface area contributed by atoms with Crippen LogP contribution in [0.1, 0.15) is 22.3 Å². The summed E-state index contributed by atoms with van der Waals surface area (Å²) < 4.78 is 75.6. The van der Waals surface area contributed by atoms with Gasteiger partial charge in [-0.05, 0) is 0 Å². The summed E-state index contributed by atoms with van der Waals surface area (Å²) in [6.45, 7) is 0. The molecule has 0 spiro atoms. The molecule has 22 heavy (non-hydrogen) atoms. The summed E-state index contributed by atoms with van der Waals surface area (Å²) in [6.07, 6.45) is -8.82. The van der Waals surface area contributed by atoms with E-state index in [1.807, 2.05) is 0 Å². The van der Waals surface area contributed by atoms with Crippen molar-refractivity contribution >= 4 is 3.21 Å². The van der Waals surface area contributed by atoms with E-state index >= 15 is 0 Å². The van der Waals surface area contributed by atoms with Crippen LogP contribution in [0.3, 0.4) is 0 Å². The number of hydrogen-bond donors (Lipinski definition) is 0. The Hall–Kier alpha value is -1.23. The van der Waals surface area contributed by atoms with Crippen molar-refractivity contribution in [1.29, 1.82) is 0 Å². The predicted octanol–water partition coefficient (Wildman–Crippen LogP) is 4.84. The van der Waals surface area contributed by atoms with Gasteiger partial charge >= 0.3 is 137 Å². The molecule has 2 rings (SSSR count). The summed E-state index contributed by atoms with van der Waals surface area (Å²) in [5.41, 5.74) is -0.392. The zero-order valence-electron chi connectivity index (χ0n) is 10.9. The van der Waals surface area contributed by atoms with Gasteiger partial charge in [0.25, 0.3) is 0 Å². The van der Waals surface area contributed by atoms with Crippen LogP contribution in [0.4, 0.5) is 26.3 Å². The maximum absolute atomic E-state index is 12.5. The molecule has 112 valence electrons. The van der Waals surface area contributed by atoms with Crippen molar-refractivity contribution in [2.45, 2.75) is 12.4 Å². The average Bonchev–Trinajstić information content (AvgIpc) is 2.45. The molecule has 0 amide bonds. The molecule has 0 heterocycles. The maximum atomic E-state index is 12.5. The quantitative estimate of drug-likeness (QED) is 0.641. The fraction of sp³-hybridized carbons (Fsp3) is 0.133. The van der Waals surface area contributed by atoms with E-state index in [2.05, 4.69) is 0 Å². The third kappa shape index (κ3) is 3.94. The summed E-state index contributed by atoms with van der Waals surface area (Å²) in [4.78, 5) is 0. The second kappa shape index (κ2) is 6.11. The van der Waals surface area contributed by atoms with Gasteiger partial charge in [0.15, 0.2) is 0 Å². The third-order valence-electron chi connectivity index (χ3n) is 3.00. The summed E-state index contributed by atoms with van der Waals surface area (Å²) in [6, 6.07) is 9.14. The molecule has 0 nitrogen and oxygen atoms in total. The zero-order valence-corrected chi connectivity index (χ0v) is 13.3. The Labute approximate surface area is 137 Å². The molecule has 0 saturated carbocycles. The van der Waals surface area contributed by atoms with Crippen LogP contribution in [0, 0.1) is 0 Å². The summed E-state index contributed by atoms with van der Waals surface area (Å²) in [5.74, 6) is 0. The van der Waals surface area contributed by atoms with E-state index in [9.17, 15) is 26.3 Å². The minimum atomic E-state index is -4.41. The zero-order chi connectivity index (χ0) is 16.5. The predicted molar refractivity (Wildman–Crippen MR) is 66.1 cm³/mol. The Morgan fingerprint density at radius 3 is 1.09 bits per heavy atom. The molecule has 7 heteroatoms. The van der Waals surface area contributed by atoms with Gasteiger partial charge in [0.2, 0.25) is 0 Å². The van der Waals surface area contributed by atoms with Crippen molar-refractivity contribution in [2.75, 3.05) is 0 Å². The Morgan fingerprint density at radius 1 is 0.591 bits per heavy atom. The third-order valence-corrected chi connectivity index (χ3v) is 4.42. The van der Waals surface area contributed by atoms with E-state index in [0.717, 1.165) is 48.5 Å². The van der Waals surface area contributed by atoms with Gasteiger partial charge in [0.1, 0.15) is 0 Å². The number of benzene rings is 2. The second-order valence-electron chi connectivity index (χ2n) is 4.53. The van der Waals surface area contributed by atoms with Crippen LogP contribution < -0.4 is 0 Å². The van der Waals surface area contributed by atoms with Crippen molar-refractivity contribution in [3.8, 4) is 0 Å². The molecule has 2 aromatic carbocycles. The van der Waals surface area contributed by atoms with E-state index < -0.39 is 23.5 Å².